The number of para-hydroxylation sites is 2. The smallest absolute Gasteiger partial charge is 0.143 e. The van der Waals surface area contributed by atoms with E-state index in [2.05, 4.69) is 205 Å². The molecule has 0 aliphatic carbocycles. The Bertz CT molecular complexity index is 3210. The third kappa shape index (κ3) is 4.88. The summed E-state index contributed by atoms with van der Waals surface area (Å²) in [5.41, 5.74) is 9.57. The van der Waals surface area contributed by atoms with E-state index in [0.717, 1.165) is 61.3 Å². The van der Waals surface area contributed by atoms with Crippen LogP contribution in [0.15, 0.2) is 205 Å². The van der Waals surface area contributed by atoms with Crippen LogP contribution in [0.3, 0.4) is 0 Å². The van der Waals surface area contributed by atoms with Crippen molar-refractivity contribution in [3.8, 4) is 22.3 Å². The Morgan fingerprint density at radius 1 is 0.278 bits per heavy atom. The molecule has 0 saturated carbocycles. The Hall–Kier alpha value is -7.16. The molecule has 2 heteroatoms. The molecule has 252 valence electrons. The molecule has 54 heavy (non-hydrogen) atoms. The van der Waals surface area contributed by atoms with Gasteiger partial charge in [0.25, 0.3) is 0 Å². The Morgan fingerprint density at radius 2 is 0.741 bits per heavy atom. The topological polar surface area (TPSA) is 16.4 Å². The molecule has 0 radical (unpaired) electrons. The lowest BCUT2D eigenvalue weighted by Gasteiger charge is -2.27. The van der Waals surface area contributed by atoms with Crippen molar-refractivity contribution in [1.29, 1.82) is 0 Å². The summed E-state index contributed by atoms with van der Waals surface area (Å²) in [4.78, 5) is 2.38. The van der Waals surface area contributed by atoms with Crippen LogP contribution in [0.25, 0.3) is 87.3 Å². The number of anilines is 3. The normalized spacial score (nSPS) is 11.7. The molecule has 1 aromatic heterocycles. The zero-order valence-corrected chi connectivity index (χ0v) is 29.4. The molecule has 10 aromatic carbocycles. The van der Waals surface area contributed by atoms with Crippen LogP contribution >= 0.6 is 0 Å². The van der Waals surface area contributed by atoms with Crippen LogP contribution in [0.4, 0.5) is 17.1 Å². The fourth-order valence-electron chi connectivity index (χ4n) is 8.40. The third-order valence-corrected chi connectivity index (χ3v) is 11.0. The Balaban J connectivity index is 1.07. The summed E-state index contributed by atoms with van der Waals surface area (Å²) in [7, 11) is 0. The molecule has 0 saturated heterocycles. The minimum absolute atomic E-state index is 0.906. The molecule has 0 unspecified atom stereocenters. The van der Waals surface area contributed by atoms with Crippen LogP contribution in [0.2, 0.25) is 0 Å². The third-order valence-electron chi connectivity index (χ3n) is 11.0. The van der Waals surface area contributed by atoms with E-state index in [-0.39, 0.29) is 0 Å². The first kappa shape index (κ1) is 30.5. The maximum atomic E-state index is 6.78. The van der Waals surface area contributed by atoms with E-state index in [1.165, 1.54) is 43.1 Å². The lowest BCUT2D eigenvalue weighted by Crippen LogP contribution is -2.10. The molecule has 0 atom stereocenters. The van der Waals surface area contributed by atoms with Crippen molar-refractivity contribution in [2.24, 2.45) is 0 Å². The van der Waals surface area contributed by atoms with Crippen molar-refractivity contribution in [2.75, 3.05) is 4.90 Å². The Morgan fingerprint density at radius 3 is 1.43 bits per heavy atom. The van der Waals surface area contributed by atoms with Gasteiger partial charge in [0.2, 0.25) is 0 Å². The van der Waals surface area contributed by atoms with Gasteiger partial charge in [-0.05, 0) is 90.6 Å². The summed E-state index contributed by atoms with van der Waals surface area (Å²) < 4.78 is 6.78. The molecular formula is C52H33NO. The first-order valence-electron chi connectivity index (χ1n) is 18.5. The van der Waals surface area contributed by atoms with Crippen molar-refractivity contribution in [2.45, 2.75) is 0 Å². The molecule has 11 aromatic rings. The Kier molecular flexibility index (Phi) is 6.90. The van der Waals surface area contributed by atoms with Gasteiger partial charge in [0, 0.05) is 39.0 Å². The fraction of sp³-hybridized carbons (Fsp3) is 0. The van der Waals surface area contributed by atoms with Gasteiger partial charge in [0.05, 0.1) is 0 Å². The predicted octanol–water partition coefficient (Wildman–Crippen LogP) is 15.0. The molecule has 11 rings (SSSR count). The van der Waals surface area contributed by atoms with E-state index in [9.17, 15) is 0 Å². The maximum Gasteiger partial charge on any atom is 0.143 e. The van der Waals surface area contributed by atoms with E-state index in [1.54, 1.807) is 0 Å². The lowest BCUT2D eigenvalue weighted by atomic mass is 9.99. The summed E-state index contributed by atoms with van der Waals surface area (Å²) in [5.74, 6) is 0. The van der Waals surface area contributed by atoms with Gasteiger partial charge in [-0.15, -0.1) is 0 Å². The van der Waals surface area contributed by atoms with Crippen LogP contribution in [-0.2, 0) is 0 Å². The van der Waals surface area contributed by atoms with Gasteiger partial charge in [-0.3, -0.25) is 0 Å². The molecule has 0 bridgehead atoms. The maximum absolute atomic E-state index is 6.78. The zero-order valence-electron chi connectivity index (χ0n) is 29.4. The molecule has 0 aliphatic rings. The minimum Gasteiger partial charge on any atom is -0.455 e. The van der Waals surface area contributed by atoms with Gasteiger partial charge in [0.1, 0.15) is 11.2 Å². The second-order valence-electron chi connectivity index (χ2n) is 14.1. The van der Waals surface area contributed by atoms with Gasteiger partial charge in [-0.25, -0.2) is 0 Å². The first-order valence-corrected chi connectivity index (χ1v) is 18.5. The molecule has 0 amide bonds. The number of benzene rings is 10. The highest BCUT2D eigenvalue weighted by Crippen LogP contribution is 2.43. The average Bonchev–Trinajstić information content (AvgIpc) is 3.63. The summed E-state index contributed by atoms with van der Waals surface area (Å²) in [6.45, 7) is 0. The van der Waals surface area contributed by atoms with Crippen molar-refractivity contribution in [1.82, 2.24) is 0 Å². The van der Waals surface area contributed by atoms with E-state index in [0.29, 0.717) is 0 Å². The van der Waals surface area contributed by atoms with Gasteiger partial charge in [0.15, 0.2) is 0 Å². The monoisotopic (exact) mass is 687 g/mol. The second kappa shape index (κ2) is 12.2. The predicted molar refractivity (Wildman–Crippen MR) is 229 cm³/mol. The van der Waals surface area contributed by atoms with Crippen LogP contribution in [-0.4, -0.2) is 0 Å². The molecule has 2 nitrogen and oxygen atoms in total. The summed E-state index contributed by atoms with van der Waals surface area (Å²) in [6, 6.07) is 72.2. The number of fused-ring (bicyclic) bond motifs is 9. The number of furan rings is 1. The largest absolute Gasteiger partial charge is 0.455 e. The van der Waals surface area contributed by atoms with Crippen molar-refractivity contribution in [3.05, 3.63) is 200 Å². The molecule has 0 N–H and O–H groups in total. The fourth-order valence-corrected chi connectivity index (χ4v) is 8.40. The number of hydrogen-bond acceptors (Lipinski definition) is 2. The van der Waals surface area contributed by atoms with Crippen molar-refractivity contribution >= 4 is 82.1 Å². The number of nitrogens with zero attached hydrogens (tertiary/aromatic N) is 1. The first-order chi connectivity index (χ1) is 26.8. The summed E-state index contributed by atoms with van der Waals surface area (Å²) in [6.07, 6.45) is 0. The van der Waals surface area contributed by atoms with E-state index in [1.807, 2.05) is 0 Å². The van der Waals surface area contributed by atoms with Gasteiger partial charge in [-0.2, -0.15) is 0 Å². The van der Waals surface area contributed by atoms with Crippen LogP contribution in [0, 0.1) is 0 Å². The highest BCUT2D eigenvalue weighted by molar-refractivity contribution is 6.14. The molecule has 0 aliphatic heterocycles. The number of hydrogen-bond donors (Lipinski definition) is 0. The molecular weight excluding hydrogens is 655 g/mol. The summed E-state index contributed by atoms with van der Waals surface area (Å²) in [5, 5.41) is 12.2. The molecule has 0 spiro atoms. The van der Waals surface area contributed by atoms with Crippen LogP contribution < -0.4 is 4.90 Å². The van der Waals surface area contributed by atoms with Gasteiger partial charge >= 0.3 is 0 Å². The molecule has 0 fully saturated rings. The van der Waals surface area contributed by atoms with E-state index in [4.69, 9.17) is 4.42 Å². The van der Waals surface area contributed by atoms with E-state index >= 15 is 0 Å². The second-order valence-corrected chi connectivity index (χ2v) is 14.1. The summed E-state index contributed by atoms with van der Waals surface area (Å²) >= 11 is 0. The Labute approximate surface area is 312 Å². The van der Waals surface area contributed by atoms with E-state index < -0.39 is 0 Å². The van der Waals surface area contributed by atoms with Gasteiger partial charge in [-0.1, -0.05) is 164 Å². The average molecular weight is 688 g/mol. The number of rotatable bonds is 5. The molecule has 1 heterocycles. The lowest BCUT2D eigenvalue weighted by molar-refractivity contribution is 0.671. The van der Waals surface area contributed by atoms with Gasteiger partial charge < -0.3 is 9.32 Å². The standard InChI is InChI=1S/C52H33NO/c1-2-10-34(11-3-1)46-16-8-18-48-49-19-9-17-47(52(49)54-51(46)48)37-24-27-40(28-25-37)53(41-30-31-45-39(32-41)23-22-35-12-4-6-14-43(35)45)42-29-26-38-21-20-36-13-5-7-15-44(36)50(38)33-42/h1-33H. The zero-order chi connectivity index (χ0) is 35.6. The SMILES string of the molecule is c1ccc(-c2cccc3c2oc2c(-c4ccc(N(c5ccc6c(ccc7ccccc76)c5)c5ccc6ccc7ccccc7c6c5)cc4)cccc23)cc1. The highest BCUT2D eigenvalue weighted by atomic mass is 16.3. The van der Waals surface area contributed by atoms with Crippen molar-refractivity contribution < 1.29 is 4.42 Å². The quantitative estimate of drug-likeness (QED) is 0.168. The van der Waals surface area contributed by atoms with Crippen LogP contribution in [0.1, 0.15) is 0 Å². The minimum atomic E-state index is 0.906. The highest BCUT2D eigenvalue weighted by Gasteiger charge is 2.18. The van der Waals surface area contributed by atoms with Crippen LogP contribution in [0.5, 0.6) is 0 Å². The van der Waals surface area contributed by atoms with Crippen molar-refractivity contribution in [3.63, 3.8) is 0 Å².